The van der Waals surface area contributed by atoms with Crippen molar-refractivity contribution in [2.45, 2.75) is 13.0 Å². The lowest BCUT2D eigenvalue weighted by molar-refractivity contribution is 0.102. The zero-order valence-electron chi connectivity index (χ0n) is 13.9. The van der Waals surface area contributed by atoms with Gasteiger partial charge in [-0.25, -0.2) is 9.97 Å². The Bertz CT molecular complexity index is 889. The molecular weight excluding hydrogens is 318 g/mol. The second-order valence-corrected chi connectivity index (χ2v) is 5.62. The number of aromatic nitrogens is 3. The van der Waals surface area contributed by atoms with Crippen LogP contribution in [0.1, 0.15) is 27.3 Å². The van der Waals surface area contributed by atoms with E-state index >= 15 is 0 Å². The summed E-state index contributed by atoms with van der Waals surface area (Å²) in [5.41, 5.74) is 1.99. The minimum atomic E-state index is -0.253. The number of anilines is 1. The maximum absolute atomic E-state index is 12.4. The highest BCUT2D eigenvalue weighted by molar-refractivity contribution is 6.06. The summed E-state index contributed by atoms with van der Waals surface area (Å²) in [5, 5.41) is 6.77. The molecular formula is C18H19N5O2. The van der Waals surface area contributed by atoms with Crippen molar-refractivity contribution >= 4 is 28.9 Å². The van der Waals surface area contributed by atoms with E-state index in [4.69, 9.17) is 0 Å². The Morgan fingerprint density at radius 3 is 2.88 bits per heavy atom. The summed E-state index contributed by atoms with van der Waals surface area (Å²) in [4.78, 5) is 31.6. The van der Waals surface area contributed by atoms with Crippen molar-refractivity contribution in [3.63, 3.8) is 0 Å². The first-order valence-electron chi connectivity index (χ1n) is 8.03. The Balaban J connectivity index is 1.90. The molecule has 2 aromatic heterocycles. The molecule has 0 saturated heterocycles. The minimum Gasteiger partial charge on any atom is -0.338 e. The summed E-state index contributed by atoms with van der Waals surface area (Å²) in [6.07, 6.45) is 4.68. The van der Waals surface area contributed by atoms with Crippen LogP contribution in [0.3, 0.4) is 0 Å². The fraction of sp³-hybridized carbons (Fsp3) is 0.222. The molecule has 2 N–H and O–H groups in total. The molecule has 0 saturated carbocycles. The van der Waals surface area contributed by atoms with Gasteiger partial charge < -0.3 is 15.2 Å². The predicted molar refractivity (Wildman–Crippen MR) is 95.9 cm³/mol. The number of rotatable bonds is 7. The number of aryl methyl sites for hydroxylation is 1. The third-order valence-corrected chi connectivity index (χ3v) is 3.95. The van der Waals surface area contributed by atoms with Crippen molar-refractivity contribution in [3.05, 3.63) is 54.1 Å². The van der Waals surface area contributed by atoms with Crippen LogP contribution in [0.4, 0.5) is 5.82 Å². The van der Waals surface area contributed by atoms with E-state index in [9.17, 15) is 9.59 Å². The molecule has 0 atom stereocenters. The topological polar surface area (TPSA) is 88.9 Å². The van der Waals surface area contributed by atoms with E-state index in [1.165, 1.54) is 6.33 Å². The largest absolute Gasteiger partial charge is 0.338 e. The number of nitrogens with zero attached hydrogens (tertiary/aromatic N) is 3. The van der Waals surface area contributed by atoms with Gasteiger partial charge in [-0.3, -0.25) is 9.59 Å². The number of carbonyl (C=O) groups is 2. The van der Waals surface area contributed by atoms with Crippen molar-refractivity contribution < 1.29 is 9.59 Å². The maximum Gasteiger partial charge on any atom is 0.256 e. The summed E-state index contributed by atoms with van der Waals surface area (Å²) in [5.74, 6) is 0.189. The lowest BCUT2D eigenvalue weighted by Gasteiger charge is -2.09. The molecule has 0 unspecified atom stereocenters. The Hall–Kier alpha value is -3.06. The van der Waals surface area contributed by atoms with E-state index in [0.717, 1.165) is 30.2 Å². The molecule has 0 radical (unpaired) electrons. The van der Waals surface area contributed by atoms with Gasteiger partial charge in [-0.05, 0) is 44.3 Å². The van der Waals surface area contributed by atoms with Crippen molar-refractivity contribution in [1.29, 1.82) is 0 Å². The summed E-state index contributed by atoms with van der Waals surface area (Å²) in [7, 11) is 1.89. The minimum absolute atomic E-state index is 0.253. The van der Waals surface area contributed by atoms with Gasteiger partial charge in [0.15, 0.2) is 6.29 Å². The van der Waals surface area contributed by atoms with Gasteiger partial charge in [0.25, 0.3) is 5.91 Å². The van der Waals surface area contributed by atoms with Crippen LogP contribution in [0.2, 0.25) is 0 Å². The van der Waals surface area contributed by atoms with Crippen molar-refractivity contribution in [2.24, 2.45) is 0 Å². The van der Waals surface area contributed by atoms with E-state index in [-0.39, 0.29) is 5.91 Å². The first-order valence-corrected chi connectivity index (χ1v) is 8.03. The number of amides is 1. The zero-order valence-corrected chi connectivity index (χ0v) is 13.9. The number of benzene rings is 1. The average molecular weight is 337 g/mol. The predicted octanol–water partition coefficient (Wildman–Crippen LogP) is 2.11. The van der Waals surface area contributed by atoms with Gasteiger partial charge in [-0.1, -0.05) is 6.07 Å². The molecule has 0 aliphatic heterocycles. The van der Waals surface area contributed by atoms with Gasteiger partial charge in [0.1, 0.15) is 12.1 Å². The van der Waals surface area contributed by atoms with Crippen molar-refractivity contribution in [2.75, 3.05) is 18.9 Å². The number of hydrogen-bond donors (Lipinski definition) is 2. The van der Waals surface area contributed by atoms with Gasteiger partial charge in [-0.15, -0.1) is 0 Å². The van der Waals surface area contributed by atoms with Crippen molar-refractivity contribution in [3.8, 4) is 0 Å². The number of fused-ring (bicyclic) bond motifs is 1. The van der Waals surface area contributed by atoms with Crippen LogP contribution in [-0.4, -0.2) is 40.3 Å². The average Bonchev–Trinajstić information content (AvgIpc) is 3.00. The Labute approximate surface area is 145 Å². The van der Waals surface area contributed by atoms with Crippen molar-refractivity contribution in [1.82, 2.24) is 19.9 Å². The quantitative estimate of drug-likeness (QED) is 0.509. The zero-order chi connectivity index (χ0) is 17.6. The normalized spacial score (nSPS) is 10.8. The summed E-state index contributed by atoms with van der Waals surface area (Å²) < 4.78 is 1.95. The molecule has 7 nitrogen and oxygen atoms in total. The molecule has 1 aromatic carbocycles. The van der Waals surface area contributed by atoms with Crippen LogP contribution in [0.15, 0.2) is 42.9 Å². The second kappa shape index (κ2) is 7.67. The number of nitrogens with one attached hydrogen (secondary N) is 2. The van der Waals surface area contributed by atoms with Gasteiger partial charge in [-0.2, -0.15) is 0 Å². The highest BCUT2D eigenvalue weighted by Crippen LogP contribution is 2.21. The molecule has 0 aliphatic carbocycles. The molecule has 0 bridgehead atoms. The van der Waals surface area contributed by atoms with E-state index in [1.54, 1.807) is 24.4 Å². The molecule has 0 aliphatic rings. The molecule has 25 heavy (non-hydrogen) atoms. The van der Waals surface area contributed by atoms with Crippen LogP contribution < -0.4 is 10.6 Å². The van der Waals surface area contributed by atoms with Gasteiger partial charge >= 0.3 is 0 Å². The van der Waals surface area contributed by atoms with Crippen LogP contribution in [-0.2, 0) is 6.54 Å². The first kappa shape index (κ1) is 16.8. The van der Waals surface area contributed by atoms with Gasteiger partial charge in [0.05, 0.1) is 5.69 Å². The van der Waals surface area contributed by atoms with E-state index in [1.807, 2.05) is 23.7 Å². The Morgan fingerprint density at radius 1 is 1.28 bits per heavy atom. The van der Waals surface area contributed by atoms with Gasteiger partial charge in [0.2, 0.25) is 0 Å². The maximum atomic E-state index is 12.4. The lowest BCUT2D eigenvalue weighted by atomic mass is 10.1. The van der Waals surface area contributed by atoms with Crippen LogP contribution in [0, 0.1) is 0 Å². The Kier molecular flexibility index (Phi) is 5.15. The fourth-order valence-electron chi connectivity index (χ4n) is 2.73. The molecule has 1 amide bonds. The lowest BCUT2D eigenvalue weighted by Crippen LogP contribution is -2.14. The van der Waals surface area contributed by atoms with Crippen LogP contribution in [0.5, 0.6) is 0 Å². The van der Waals surface area contributed by atoms with Crippen LogP contribution in [0.25, 0.3) is 10.9 Å². The first-order chi connectivity index (χ1) is 12.2. The van der Waals surface area contributed by atoms with E-state index in [2.05, 4.69) is 20.6 Å². The third kappa shape index (κ3) is 3.72. The molecule has 0 spiro atoms. The fourth-order valence-corrected chi connectivity index (χ4v) is 2.73. The molecule has 7 heteroatoms. The molecule has 3 rings (SSSR count). The van der Waals surface area contributed by atoms with Gasteiger partial charge in [0, 0.05) is 29.2 Å². The smallest absolute Gasteiger partial charge is 0.256 e. The molecule has 0 fully saturated rings. The summed E-state index contributed by atoms with van der Waals surface area (Å²) >= 11 is 0. The molecule has 3 aromatic rings. The highest BCUT2D eigenvalue weighted by atomic mass is 16.1. The monoisotopic (exact) mass is 337 g/mol. The highest BCUT2D eigenvalue weighted by Gasteiger charge is 2.12. The third-order valence-electron chi connectivity index (χ3n) is 3.95. The second-order valence-electron chi connectivity index (χ2n) is 5.62. The Morgan fingerprint density at radius 2 is 2.16 bits per heavy atom. The standard InChI is InChI=1S/C18H19N5O2/c1-19-6-2-8-23-15(11-24)9-13-3-4-14(10-16(13)23)18(25)22-17-5-7-20-12-21-17/h3-5,7,9-12,19H,2,6,8H2,1H3,(H,20,21,22,25). The molecule has 128 valence electrons. The van der Waals surface area contributed by atoms with E-state index in [0.29, 0.717) is 23.6 Å². The number of aldehydes is 1. The number of hydrogen-bond acceptors (Lipinski definition) is 5. The van der Waals surface area contributed by atoms with E-state index < -0.39 is 0 Å². The molecule has 2 heterocycles. The van der Waals surface area contributed by atoms with Crippen LogP contribution >= 0.6 is 0 Å². The summed E-state index contributed by atoms with van der Waals surface area (Å²) in [6, 6.07) is 8.87. The number of carbonyl (C=O) groups excluding carboxylic acids is 2. The SMILES string of the molecule is CNCCCn1c(C=O)cc2ccc(C(=O)Nc3ccncn3)cc21. The summed E-state index contributed by atoms with van der Waals surface area (Å²) in [6.45, 7) is 1.56.